The number of hydrogen-bond acceptors (Lipinski definition) is 13. The highest BCUT2D eigenvalue weighted by atomic mass is 16.7. The Morgan fingerprint density at radius 2 is 0.905 bits per heavy atom. The number of allylic oxidation sites excluding steroid dienone is 9. The smallest absolute Gasteiger partial charge is 0.220 e. The van der Waals surface area contributed by atoms with Gasteiger partial charge in [-0.05, 0) is 70.6 Å². The van der Waals surface area contributed by atoms with Crippen LogP contribution in [0.3, 0.4) is 0 Å². The van der Waals surface area contributed by atoms with E-state index in [1.807, 2.05) is 6.08 Å². The van der Waals surface area contributed by atoms with Crippen LogP contribution in [-0.4, -0.2) is 140 Å². The molecule has 0 aliphatic carbocycles. The lowest BCUT2D eigenvalue weighted by Gasteiger charge is -2.46. The SMILES string of the molecule is CCCCC/C=C\C/C=C\C/C=C\CCCCCCCCC(=O)NC(COC1OC(CO)C(OC2OC(CO)C(O)C(O)C2O)C(O)C1O)C(O)/C=C/CC/C=C/CCCCCCCCCCCCCCCCC. The van der Waals surface area contributed by atoms with Crippen molar-refractivity contribution in [2.75, 3.05) is 19.8 Å². The van der Waals surface area contributed by atoms with Crippen molar-refractivity contribution in [3.63, 3.8) is 0 Å². The third kappa shape index (κ3) is 31.2. The molecule has 2 heterocycles. The van der Waals surface area contributed by atoms with E-state index in [9.17, 15) is 45.6 Å². The molecule has 0 spiro atoms. The minimum atomic E-state index is -1.79. The van der Waals surface area contributed by atoms with E-state index < -0.39 is 86.8 Å². The molecule has 2 fully saturated rings. The summed E-state index contributed by atoms with van der Waals surface area (Å²) in [4.78, 5) is 13.2. The molecule has 12 unspecified atom stereocenters. The average molecular weight is 1050 g/mol. The molecule has 2 saturated heterocycles. The Morgan fingerprint density at radius 1 is 0.486 bits per heavy atom. The quantitative estimate of drug-likeness (QED) is 0.0205. The first-order valence-corrected chi connectivity index (χ1v) is 29.5. The number of hydrogen-bond donors (Lipinski definition) is 9. The van der Waals surface area contributed by atoms with Crippen molar-refractivity contribution >= 4 is 5.91 Å². The molecule has 12 atom stereocenters. The molecule has 0 saturated carbocycles. The molecular weight excluding hydrogens is 943 g/mol. The van der Waals surface area contributed by atoms with Crippen LogP contribution in [0.2, 0.25) is 0 Å². The van der Waals surface area contributed by atoms with Crippen molar-refractivity contribution in [2.24, 2.45) is 0 Å². The molecule has 14 heteroatoms. The molecule has 0 radical (unpaired) electrons. The maximum Gasteiger partial charge on any atom is 0.220 e. The zero-order valence-electron chi connectivity index (χ0n) is 46.1. The van der Waals surface area contributed by atoms with E-state index in [1.54, 1.807) is 6.08 Å². The molecule has 0 bridgehead atoms. The van der Waals surface area contributed by atoms with Crippen LogP contribution in [0.1, 0.15) is 219 Å². The molecule has 74 heavy (non-hydrogen) atoms. The third-order valence-electron chi connectivity index (χ3n) is 14.2. The van der Waals surface area contributed by atoms with E-state index >= 15 is 0 Å². The van der Waals surface area contributed by atoms with Gasteiger partial charge in [0.1, 0.15) is 48.8 Å². The molecule has 2 rings (SSSR count). The summed E-state index contributed by atoms with van der Waals surface area (Å²) in [6, 6.07) is -0.941. The van der Waals surface area contributed by atoms with Crippen LogP contribution >= 0.6 is 0 Å². The fraction of sp³-hybridized carbons (Fsp3) is 0.817. The summed E-state index contributed by atoms with van der Waals surface area (Å²) in [6.07, 6.45) is 41.1. The minimum Gasteiger partial charge on any atom is -0.394 e. The predicted octanol–water partition coefficient (Wildman–Crippen LogP) is 9.78. The number of aliphatic hydroxyl groups excluding tert-OH is 8. The topological polar surface area (TPSA) is 228 Å². The van der Waals surface area contributed by atoms with E-state index in [4.69, 9.17) is 18.9 Å². The second-order valence-electron chi connectivity index (χ2n) is 20.8. The number of ether oxygens (including phenoxy) is 4. The number of amides is 1. The first kappa shape index (κ1) is 67.8. The van der Waals surface area contributed by atoms with Gasteiger partial charge in [-0.3, -0.25) is 4.79 Å². The summed E-state index contributed by atoms with van der Waals surface area (Å²) in [5.41, 5.74) is 0. The zero-order chi connectivity index (χ0) is 53.9. The Morgan fingerprint density at radius 3 is 1.45 bits per heavy atom. The van der Waals surface area contributed by atoms with Crippen LogP contribution in [0.4, 0.5) is 0 Å². The number of aliphatic hydroxyl groups is 8. The molecule has 0 aromatic rings. The molecule has 2 aliphatic heterocycles. The summed E-state index contributed by atoms with van der Waals surface area (Å²) in [5.74, 6) is -0.263. The Bertz CT molecular complexity index is 1470. The summed E-state index contributed by atoms with van der Waals surface area (Å²) in [7, 11) is 0. The Hall–Kier alpha value is -2.31. The maximum atomic E-state index is 13.2. The number of rotatable bonds is 46. The van der Waals surface area contributed by atoms with Gasteiger partial charge in [0.25, 0.3) is 0 Å². The van der Waals surface area contributed by atoms with Gasteiger partial charge < -0.3 is 65.1 Å². The Kier molecular flexibility index (Phi) is 41.9. The number of unbranched alkanes of at least 4 members (excludes halogenated alkanes) is 25. The summed E-state index contributed by atoms with van der Waals surface area (Å²) < 4.78 is 22.7. The van der Waals surface area contributed by atoms with Gasteiger partial charge in [0.15, 0.2) is 12.6 Å². The number of carbonyl (C=O) groups excluding carboxylic acids is 1. The monoisotopic (exact) mass is 1050 g/mol. The Balaban J connectivity index is 1.81. The third-order valence-corrected chi connectivity index (χ3v) is 14.2. The molecule has 1 amide bonds. The highest BCUT2D eigenvalue weighted by molar-refractivity contribution is 5.76. The molecule has 430 valence electrons. The molecule has 0 aromatic carbocycles. The van der Waals surface area contributed by atoms with Crippen molar-refractivity contribution in [1.29, 1.82) is 0 Å². The van der Waals surface area contributed by atoms with E-state index in [0.717, 1.165) is 64.2 Å². The van der Waals surface area contributed by atoms with Crippen LogP contribution in [0.5, 0.6) is 0 Å². The zero-order valence-corrected chi connectivity index (χ0v) is 46.1. The molecule has 0 aromatic heterocycles. The first-order chi connectivity index (χ1) is 36.1. The molecule has 9 N–H and O–H groups in total. The van der Waals surface area contributed by atoms with Gasteiger partial charge in [0.2, 0.25) is 5.91 Å². The van der Waals surface area contributed by atoms with Gasteiger partial charge in [-0.15, -0.1) is 0 Å². The van der Waals surface area contributed by atoms with Crippen LogP contribution in [-0.2, 0) is 23.7 Å². The van der Waals surface area contributed by atoms with Gasteiger partial charge in [0, 0.05) is 6.42 Å². The fourth-order valence-electron chi connectivity index (χ4n) is 9.37. The van der Waals surface area contributed by atoms with Crippen molar-refractivity contribution in [3.8, 4) is 0 Å². The van der Waals surface area contributed by atoms with Gasteiger partial charge in [0.05, 0.1) is 32.0 Å². The van der Waals surface area contributed by atoms with Crippen LogP contribution in [0.15, 0.2) is 60.8 Å². The second kappa shape index (κ2) is 45.7. The van der Waals surface area contributed by atoms with Crippen molar-refractivity contribution in [3.05, 3.63) is 60.8 Å². The van der Waals surface area contributed by atoms with Gasteiger partial charge in [-0.25, -0.2) is 0 Å². The maximum absolute atomic E-state index is 13.2. The van der Waals surface area contributed by atoms with Gasteiger partial charge >= 0.3 is 0 Å². The van der Waals surface area contributed by atoms with E-state index in [0.29, 0.717) is 12.8 Å². The minimum absolute atomic E-state index is 0.257. The van der Waals surface area contributed by atoms with E-state index in [-0.39, 0.29) is 18.9 Å². The largest absolute Gasteiger partial charge is 0.394 e. The highest BCUT2D eigenvalue weighted by Crippen LogP contribution is 2.30. The van der Waals surface area contributed by atoms with Gasteiger partial charge in [-0.2, -0.15) is 0 Å². The average Bonchev–Trinajstić information content (AvgIpc) is 3.40. The predicted molar refractivity (Wildman–Crippen MR) is 295 cm³/mol. The van der Waals surface area contributed by atoms with E-state index in [1.165, 1.54) is 122 Å². The molecule has 2 aliphatic rings. The fourth-order valence-corrected chi connectivity index (χ4v) is 9.37. The van der Waals surface area contributed by atoms with Crippen LogP contribution < -0.4 is 5.32 Å². The standard InChI is InChI=1S/C60H107NO13/c1-3-5-7-9-11-13-15-17-19-21-23-24-26-27-29-31-33-35-37-39-41-43-49(64)48(61-52(65)44-42-40-38-36-34-32-30-28-25-22-20-18-16-14-12-10-8-6-4-2)47-71-59-57(70)55(68)58(51(46-63)73-59)74-60-56(69)54(67)53(66)50(45-62)72-60/h12,14,18,20,25,28,33,35,41,43,48-51,53-60,62-64,66-70H,3-11,13,15-17,19,21-24,26-27,29-32,34,36-40,42,44-47H2,1-2H3,(H,61,65)/b14-12-,20-18-,28-25-,35-33+,43-41+. The van der Waals surface area contributed by atoms with Crippen molar-refractivity contribution < 1.29 is 64.6 Å². The summed E-state index contributed by atoms with van der Waals surface area (Å²) in [6.45, 7) is 2.75. The first-order valence-electron chi connectivity index (χ1n) is 29.5. The lowest BCUT2D eigenvalue weighted by molar-refractivity contribution is -0.359. The van der Waals surface area contributed by atoms with Crippen LogP contribution in [0.25, 0.3) is 0 Å². The lowest BCUT2D eigenvalue weighted by atomic mass is 9.97. The second-order valence-corrected chi connectivity index (χ2v) is 20.8. The summed E-state index contributed by atoms with van der Waals surface area (Å²) >= 11 is 0. The van der Waals surface area contributed by atoms with E-state index in [2.05, 4.69) is 67.8 Å². The molecule has 14 nitrogen and oxygen atoms in total. The normalized spacial score (nSPS) is 25.6. The summed E-state index contributed by atoms with van der Waals surface area (Å²) in [5, 5.41) is 87.0. The van der Waals surface area contributed by atoms with Crippen molar-refractivity contribution in [2.45, 2.75) is 293 Å². The molecular formula is C60H107NO13. The highest BCUT2D eigenvalue weighted by Gasteiger charge is 2.51. The number of nitrogens with one attached hydrogen (secondary N) is 1. The Labute approximate surface area is 447 Å². The van der Waals surface area contributed by atoms with Gasteiger partial charge in [-0.1, -0.05) is 203 Å². The van der Waals surface area contributed by atoms with Crippen molar-refractivity contribution in [1.82, 2.24) is 5.32 Å². The lowest BCUT2D eigenvalue weighted by Crippen LogP contribution is -2.65. The number of carbonyl (C=O) groups is 1. The van der Waals surface area contributed by atoms with Crippen LogP contribution in [0, 0.1) is 0 Å².